The maximum Gasteiger partial charge on any atom is 0.0361 e. The summed E-state index contributed by atoms with van der Waals surface area (Å²) in [6.07, 6.45) is 7.34. The normalized spacial score (nSPS) is 13.2. The molecule has 0 aliphatic heterocycles. The number of hydrogen-bond acceptors (Lipinski definition) is 4. The maximum absolute atomic E-state index is 6.97. The first-order chi connectivity index (χ1) is 7.24. The lowest BCUT2D eigenvalue weighted by molar-refractivity contribution is 0.836. The topological polar surface area (TPSA) is 74.3 Å². The van der Waals surface area contributed by atoms with Gasteiger partial charge in [0.1, 0.15) is 0 Å². The van der Waals surface area contributed by atoms with Crippen molar-refractivity contribution in [1.82, 2.24) is 5.32 Å². The number of allylic oxidation sites excluding steroid dienone is 1. The first-order valence-electron chi connectivity index (χ1n) is 5.05. The highest BCUT2D eigenvalue weighted by Gasteiger charge is 1.91. The summed E-state index contributed by atoms with van der Waals surface area (Å²) in [5, 5.41) is 10.1. The van der Waals surface area contributed by atoms with Gasteiger partial charge in [-0.15, -0.1) is 0 Å². The monoisotopic (exact) mass is 208 g/mol. The molecule has 0 rings (SSSR count). The zero-order valence-electron chi connectivity index (χ0n) is 9.46. The zero-order chi connectivity index (χ0) is 11.5. The molecule has 0 fully saturated rings. The van der Waals surface area contributed by atoms with Crippen molar-refractivity contribution in [2.24, 2.45) is 10.7 Å². The smallest absolute Gasteiger partial charge is 0.0361 e. The fourth-order valence-corrected chi connectivity index (χ4v) is 0.891. The molecule has 15 heavy (non-hydrogen) atoms. The Morgan fingerprint density at radius 1 is 1.53 bits per heavy atom. The number of nitrogens with one attached hydrogen (secondary N) is 2. The molecule has 0 aromatic carbocycles. The summed E-state index contributed by atoms with van der Waals surface area (Å²) in [6.45, 7) is 5.43. The van der Waals surface area contributed by atoms with E-state index in [1.807, 2.05) is 20.0 Å². The van der Waals surface area contributed by atoms with Gasteiger partial charge in [0.2, 0.25) is 0 Å². The lowest BCUT2D eigenvalue weighted by atomic mass is 10.2. The minimum Gasteiger partial charge on any atom is -0.404 e. The number of aliphatic imine (C=N–C) groups is 1. The van der Waals surface area contributed by atoms with Crippen LogP contribution >= 0.6 is 0 Å². The van der Waals surface area contributed by atoms with Crippen molar-refractivity contribution in [3.63, 3.8) is 0 Å². The van der Waals surface area contributed by atoms with Gasteiger partial charge in [-0.1, -0.05) is 0 Å². The molecule has 0 bridgehead atoms. The van der Waals surface area contributed by atoms with Crippen LogP contribution in [-0.4, -0.2) is 25.5 Å². The molecule has 0 radical (unpaired) electrons. The average molecular weight is 208 g/mol. The first kappa shape index (κ1) is 13.4. The Morgan fingerprint density at radius 2 is 2.27 bits per heavy atom. The fourth-order valence-electron chi connectivity index (χ4n) is 0.891. The third kappa shape index (κ3) is 7.49. The minimum atomic E-state index is 0.775. The van der Waals surface area contributed by atoms with E-state index in [-0.39, 0.29) is 0 Å². The van der Waals surface area contributed by atoms with E-state index in [9.17, 15) is 0 Å². The van der Waals surface area contributed by atoms with Gasteiger partial charge in [-0.3, -0.25) is 4.99 Å². The Hall–Kier alpha value is -1.58. The first-order valence-corrected chi connectivity index (χ1v) is 5.05. The molecule has 0 heterocycles. The van der Waals surface area contributed by atoms with Crippen LogP contribution in [0.1, 0.15) is 20.3 Å². The van der Waals surface area contributed by atoms with E-state index in [0.29, 0.717) is 0 Å². The molecule has 4 N–H and O–H groups in total. The predicted octanol–water partition coefficient (Wildman–Crippen LogP) is 1.45. The molecule has 0 aliphatic carbocycles. The third-order valence-corrected chi connectivity index (χ3v) is 1.77. The van der Waals surface area contributed by atoms with E-state index in [2.05, 4.69) is 10.3 Å². The molecular formula is C11H20N4. The van der Waals surface area contributed by atoms with Gasteiger partial charge in [0.05, 0.1) is 0 Å². The molecule has 0 aromatic heterocycles. The summed E-state index contributed by atoms with van der Waals surface area (Å²) in [6, 6.07) is 0. The molecule has 0 spiro atoms. The number of nitrogens with two attached hydrogens (primary N) is 1. The highest BCUT2D eigenvalue weighted by Crippen LogP contribution is 1.94. The van der Waals surface area contributed by atoms with Crippen LogP contribution in [-0.2, 0) is 0 Å². The average Bonchev–Trinajstić information content (AvgIpc) is 2.27. The van der Waals surface area contributed by atoms with Crippen LogP contribution in [0, 0.1) is 5.41 Å². The SMILES string of the molecule is CCN=CC(=CN)CCN/C=C(/C)C=N. The molecule has 0 saturated carbocycles. The molecule has 4 nitrogen and oxygen atoms in total. The van der Waals surface area contributed by atoms with Crippen molar-refractivity contribution in [2.45, 2.75) is 20.3 Å². The van der Waals surface area contributed by atoms with Crippen LogP contribution in [0.25, 0.3) is 0 Å². The van der Waals surface area contributed by atoms with Crippen LogP contribution in [0.5, 0.6) is 0 Å². The molecule has 0 aromatic rings. The summed E-state index contributed by atoms with van der Waals surface area (Å²) in [5.41, 5.74) is 7.37. The third-order valence-electron chi connectivity index (χ3n) is 1.77. The molecule has 0 amide bonds. The predicted molar refractivity (Wildman–Crippen MR) is 66.5 cm³/mol. The summed E-state index contributed by atoms with van der Waals surface area (Å²) in [7, 11) is 0. The van der Waals surface area contributed by atoms with Crippen molar-refractivity contribution in [2.75, 3.05) is 13.1 Å². The van der Waals surface area contributed by atoms with E-state index in [0.717, 1.165) is 30.7 Å². The van der Waals surface area contributed by atoms with Crippen molar-refractivity contribution >= 4 is 12.4 Å². The second kappa shape index (κ2) is 8.99. The Labute approximate surface area is 91.5 Å². The number of rotatable bonds is 7. The van der Waals surface area contributed by atoms with Gasteiger partial charge < -0.3 is 16.5 Å². The van der Waals surface area contributed by atoms with Crippen LogP contribution in [0.15, 0.2) is 28.5 Å². The van der Waals surface area contributed by atoms with Gasteiger partial charge in [0.25, 0.3) is 0 Å². The van der Waals surface area contributed by atoms with E-state index in [1.165, 1.54) is 6.21 Å². The zero-order valence-corrected chi connectivity index (χ0v) is 9.46. The van der Waals surface area contributed by atoms with E-state index in [4.69, 9.17) is 11.1 Å². The van der Waals surface area contributed by atoms with Gasteiger partial charge in [-0.05, 0) is 37.6 Å². The second-order valence-electron chi connectivity index (χ2n) is 3.11. The fraction of sp³-hybridized carbons (Fsp3) is 0.455. The summed E-state index contributed by atoms with van der Waals surface area (Å²) >= 11 is 0. The standard InChI is InChI=1S/C11H20N4/c1-3-14-9-11(7-13)4-5-15-8-10(2)6-12/h6-9,12,15H,3-5,13H2,1-2H3/b10-8-,11-7?,12-6?,14-9?. The van der Waals surface area contributed by atoms with E-state index in [1.54, 1.807) is 12.4 Å². The molecule has 84 valence electrons. The van der Waals surface area contributed by atoms with Crippen LogP contribution in [0.4, 0.5) is 0 Å². The number of nitrogens with zero attached hydrogens (tertiary/aromatic N) is 1. The summed E-state index contributed by atoms with van der Waals surface area (Å²) in [5.74, 6) is 0. The Bertz CT molecular complexity index is 264. The van der Waals surface area contributed by atoms with Crippen LogP contribution in [0.3, 0.4) is 0 Å². The Morgan fingerprint density at radius 3 is 2.80 bits per heavy atom. The molecule has 0 aliphatic rings. The largest absolute Gasteiger partial charge is 0.404 e. The summed E-state index contributed by atoms with van der Waals surface area (Å²) < 4.78 is 0. The van der Waals surface area contributed by atoms with E-state index >= 15 is 0 Å². The highest BCUT2D eigenvalue weighted by molar-refractivity contribution is 5.78. The molecular weight excluding hydrogens is 188 g/mol. The van der Waals surface area contributed by atoms with Crippen molar-refractivity contribution in [3.05, 3.63) is 23.5 Å². The van der Waals surface area contributed by atoms with Gasteiger partial charge in [-0.2, -0.15) is 0 Å². The summed E-state index contributed by atoms with van der Waals surface area (Å²) in [4.78, 5) is 4.12. The molecule has 0 saturated heterocycles. The minimum absolute atomic E-state index is 0.775. The quantitative estimate of drug-likeness (QED) is 0.437. The Kier molecular flexibility index (Phi) is 8.05. The van der Waals surface area contributed by atoms with Crippen molar-refractivity contribution in [3.8, 4) is 0 Å². The van der Waals surface area contributed by atoms with Gasteiger partial charge in [0, 0.05) is 31.7 Å². The maximum atomic E-state index is 6.97. The van der Waals surface area contributed by atoms with Crippen molar-refractivity contribution < 1.29 is 0 Å². The lowest BCUT2D eigenvalue weighted by Crippen LogP contribution is -2.10. The van der Waals surface area contributed by atoms with Gasteiger partial charge in [-0.25, -0.2) is 0 Å². The van der Waals surface area contributed by atoms with E-state index < -0.39 is 0 Å². The molecule has 0 unspecified atom stereocenters. The lowest BCUT2D eigenvalue weighted by Gasteiger charge is -2.02. The van der Waals surface area contributed by atoms with Crippen LogP contribution in [0.2, 0.25) is 0 Å². The number of hydrogen-bond donors (Lipinski definition) is 3. The Balaban J connectivity index is 3.84. The van der Waals surface area contributed by atoms with Crippen molar-refractivity contribution in [1.29, 1.82) is 5.41 Å². The van der Waals surface area contributed by atoms with Gasteiger partial charge in [0.15, 0.2) is 0 Å². The molecule has 4 heteroatoms. The molecule has 0 atom stereocenters. The van der Waals surface area contributed by atoms with Crippen LogP contribution < -0.4 is 11.1 Å². The van der Waals surface area contributed by atoms with Gasteiger partial charge >= 0.3 is 0 Å². The highest BCUT2D eigenvalue weighted by atomic mass is 14.8. The second-order valence-corrected chi connectivity index (χ2v) is 3.11.